The molecule has 6 nitrogen and oxygen atoms in total. The number of furan rings is 1. The Kier molecular flexibility index (Phi) is 12.0. The van der Waals surface area contributed by atoms with E-state index < -0.39 is 5.97 Å². The molecule has 198 valence electrons. The molecule has 5 rings (SSSR count). The average molecular weight is 559 g/mol. The molecule has 0 fully saturated rings. The Morgan fingerprint density at radius 3 is 2.27 bits per heavy atom. The summed E-state index contributed by atoms with van der Waals surface area (Å²) in [5.41, 5.74) is 5.09. The maximum atomic E-state index is 11.3. The molecule has 0 radical (unpaired) electrons. The van der Waals surface area contributed by atoms with E-state index in [0.717, 1.165) is 45.0 Å². The van der Waals surface area contributed by atoms with Crippen molar-refractivity contribution < 1.29 is 28.9 Å². The predicted octanol–water partition coefficient (Wildman–Crippen LogP) is 6.09. The molecule has 2 N–H and O–H groups in total. The maximum absolute atomic E-state index is 11.3. The summed E-state index contributed by atoms with van der Waals surface area (Å²) in [4.78, 5) is 11.3. The van der Waals surface area contributed by atoms with Gasteiger partial charge in [-0.3, -0.25) is 4.79 Å². The van der Waals surface area contributed by atoms with Gasteiger partial charge in [-0.1, -0.05) is 55.5 Å². The Balaban J connectivity index is 0.00000220. The number of phenolic OH excluding ortho intramolecular Hbond substituents is 1. The molecule has 0 bridgehead atoms. The first kappa shape index (κ1) is 32.1. The van der Waals surface area contributed by atoms with Crippen LogP contribution in [0.25, 0.3) is 33.1 Å². The molecule has 4 aromatic carbocycles. The Morgan fingerprint density at radius 1 is 0.850 bits per heavy atom. The molecule has 0 unspecified atom stereocenters. The number of aryl methyl sites for hydroxylation is 2. The Bertz CT molecular complexity index is 1580. The van der Waals surface area contributed by atoms with Gasteiger partial charge in [0, 0.05) is 40.8 Å². The van der Waals surface area contributed by atoms with Crippen molar-refractivity contribution in [3.05, 3.63) is 90.0 Å². The third-order valence-electron chi connectivity index (χ3n) is 6.65. The van der Waals surface area contributed by atoms with Crippen molar-refractivity contribution in [2.45, 2.75) is 32.6 Å². The number of aromatic hydroxyl groups is 1. The zero-order valence-electron chi connectivity index (χ0n) is 21.3. The van der Waals surface area contributed by atoms with Crippen LogP contribution < -0.4 is 9.47 Å². The summed E-state index contributed by atoms with van der Waals surface area (Å²) in [7, 11) is 0. The van der Waals surface area contributed by atoms with Gasteiger partial charge in [-0.05, 0) is 48.2 Å². The van der Waals surface area contributed by atoms with E-state index in [1.807, 2.05) is 72.8 Å². The minimum atomic E-state index is -0.859. The van der Waals surface area contributed by atoms with Crippen molar-refractivity contribution in [3.63, 3.8) is 0 Å². The molecule has 0 saturated carbocycles. The molecule has 0 aliphatic carbocycles. The summed E-state index contributed by atoms with van der Waals surface area (Å²) >= 11 is 0. The third-order valence-corrected chi connectivity index (χ3v) is 6.65. The normalized spacial score (nSPS) is 10.6. The fraction of sp³-hybridized carbons (Fsp3) is 0.219. The number of para-hydroxylation sites is 1. The van der Waals surface area contributed by atoms with E-state index in [4.69, 9.17) is 13.9 Å². The number of fused-ring (bicyclic) bond motifs is 3. The van der Waals surface area contributed by atoms with E-state index in [-0.39, 0.29) is 71.3 Å². The van der Waals surface area contributed by atoms with Crippen LogP contribution in [0.4, 0.5) is 0 Å². The molecule has 0 amide bonds. The molecule has 0 atom stereocenters. The second-order valence-electron chi connectivity index (χ2n) is 9.15. The van der Waals surface area contributed by atoms with Gasteiger partial charge in [-0.15, -0.1) is 0 Å². The molecule has 1 aromatic heterocycles. The van der Waals surface area contributed by atoms with E-state index in [1.54, 1.807) is 6.07 Å². The average Bonchev–Trinajstić information content (AvgIpc) is 3.31. The van der Waals surface area contributed by atoms with Gasteiger partial charge in [0.15, 0.2) is 0 Å². The van der Waals surface area contributed by atoms with Gasteiger partial charge in [0.05, 0.1) is 13.2 Å². The van der Waals surface area contributed by atoms with Crippen molar-refractivity contribution >= 4 is 87.0 Å². The Morgan fingerprint density at radius 2 is 1.55 bits per heavy atom. The first-order valence-corrected chi connectivity index (χ1v) is 12.9. The van der Waals surface area contributed by atoms with Crippen LogP contribution in [0.2, 0.25) is 0 Å². The molecule has 0 aliphatic rings. The van der Waals surface area contributed by atoms with Crippen LogP contribution in [0, 0.1) is 0 Å². The standard InChI is InChI=1S/C32H30O6.2Na.2H/c1-2-21-19-25(22-9-4-3-5-10-22)26(33)20-30(21)37-18-8-17-36-27-14-15-29-32(24(27)13-16-31(34)35)23-11-6-7-12-28(23)38-29;;;;/h3-7,9-12,14-15,19-20,33H,2,8,13,16-18H2,1H3,(H,34,35);;;;. The third kappa shape index (κ3) is 7.24. The van der Waals surface area contributed by atoms with Gasteiger partial charge < -0.3 is 24.1 Å². The summed E-state index contributed by atoms with van der Waals surface area (Å²) < 4.78 is 18.1. The number of aliphatic carboxylic acids is 1. The summed E-state index contributed by atoms with van der Waals surface area (Å²) in [5.74, 6) is 0.647. The van der Waals surface area contributed by atoms with Crippen LogP contribution in [0.5, 0.6) is 17.2 Å². The number of carboxylic acids is 1. The van der Waals surface area contributed by atoms with Crippen molar-refractivity contribution in [3.8, 4) is 28.4 Å². The summed E-state index contributed by atoms with van der Waals surface area (Å²) in [5, 5.41) is 21.8. The number of ether oxygens (including phenoxy) is 2. The van der Waals surface area contributed by atoms with Gasteiger partial charge in [-0.2, -0.15) is 0 Å². The minimum absolute atomic E-state index is 0. The number of carboxylic acid groups (broad SMARTS) is 1. The second-order valence-corrected chi connectivity index (χ2v) is 9.15. The summed E-state index contributed by atoms with van der Waals surface area (Å²) in [6.45, 7) is 2.88. The van der Waals surface area contributed by atoms with Crippen molar-refractivity contribution in [2.75, 3.05) is 13.2 Å². The molecular formula is C32H32Na2O6. The van der Waals surface area contributed by atoms with Crippen LogP contribution >= 0.6 is 0 Å². The van der Waals surface area contributed by atoms with E-state index in [2.05, 4.69) is 6.92 Å². The van der Waals surface area contributed by atoms with Crippen LogP contribution in [-0.4, -0.2) is 88.5 Å². The van der Waals surface area contributed by atoms with Crippen LogP contribution in [-0.2, 0) is 17.6 Å². The number of hydrogen-bond acceptors (Lipinski definition) is 5. The van der Waals surface area contributed by atoms with E-state index in [9.17, 15) is 15.0 Å². The van der Waals surface area contributed by atoms with Gasteiger partial charge >= 0.3 is 65.1 Å². The van der Waals surface area contributed by atoms with Crippen LogP contribution in [0.3, 0.4) is 0 Å². The van der Waals surface area contributed by atoms with Gasteiger partial charge in [-0.25, -0.2) is 0 Å². The monoisotopic (exact) mass is 558 g/mol. The number of carbonyl (C=O) groups is 1. The van der Waals surface area contributed by atoms with Gasteiger partial charge in [0.25, 0.3) is 0 Å². The number of phenols is 1. The fourth-order valence-corrected chi connectivity index (χ4v) is 4.78. The molecule has 0 saturated heterocycles. The van der Waals surface area contributed by atoms with E-state index >= 15 is 0 Å². The Hall–Kier alpha value is -2.45. The number of benzene rings is 4. The molecule has 8 heteroatoms. The number of hydrogen-bond donors (Lipinski definition) is 2. The topological polar surface area (TPSA) is 89.1 Å². The molecule has 0 aliphatic heterocycles. The van der Waals surface area contributed by atoms with E-state index in [1.165, 1.54) is 0 Å². The molecular weight excluding hydrogens is 526 g/mol. The summed E-state index contributed by atoms with van der Waals surface area (Å²) in [6.07, 6.45) is 1.74. The zero-order valence-corrected chi connectivity index (χ0v) is 21.3. The number of rotatable bonds is 11. The van der Waals surface area contributed by atoms with Crippen molar-refractivity contribution in [1.29, 1.82) is 0 Å². The molecule has 0 spiro atoms. The van der Waals surface area contributed by atoms with Crippen LogP contribution in [0.15, 0.2) is 83.3 Å². The van der Waals surface area contributed by atoms with E-state index in [0.29, 0.717) is 43.1 Å². The predicted molar refractivity (Wildman–Crippen MR) is 163 cm³/mol. The first-order chi connectivity index (χ1) is 18.5. The first-order valence-electron chi connectivity index (χ1n) is 12.9. The van der Waals surface area contributed by atoms with Crippen LogP contribution in [0.1, 0.15) is 30.9 Å². The zero-order chi connectivity index (χ0) is 26.5. The van der Waals surface area contributed by atoms with Crippen molar-refractivity contribution in [2.24, 2.45) is 0 Å². The second kappa shape index (κ2) is 15.0. The van der Waals surface area contributed by atoms with Gasteiger partial charge in [0.1, 0.15) is 28.4 Å². The Labute approximate surface area is 277 Å². The fourth-order valence-electron chi connectivity index (χ4n) is 4.78. The SMILES string of the molecule is CCc1cc(-c2ccccc2)c(O)cc1OCCCOc1ccc2oc3ccccc3c2c1CCC(=O)O.[NaH].[NaH]. The molecule has 40 heavy (non-hydrogen) atoms. The van der Waals surface area contributed by atoms with Gasteiger partial charge in [0.2, 0.25) is 0 Å². The quantitative estimate of drug-likeness (QED) is 0.151. The molecule has 5 aromatic rings. The van der Waals surface area contributed by atoms with Crippen molar-refractivity contribution in [1.82, 2.24) is 0 Å². The molecule has 1 heterocycles. The summed E-state index contributed by atoms with van der Waals surface area (Å²) in [6, 6.07) is 24.9.